The first-order valence-electron chi connectivity index (χ1n) is 6.47. The Bertz CT molecular complexity index is 700. The number of para-hydroxylation sites is 1. The van der Waals surface area contributed by atoms with Gasteiger partial charge in [0, 0.05) is 18.4 Å². The van der Waals surface area contributed by atoms with Crippen molar-refractivity contribution >= 4 is 23.2 Å². The Balaban J connectivity index is 1.70. The number of halogens is 1. The summed E-state index contributed by atoms with van der Waals surface area (Å²) >= 11 is 5.97. The van der Waals surface area contributed by atoms with E-state index >= 15 is 0 Å². The summed E-state index contributed by atoms with van der Waals surface area (Å²) in [7, 11) is 0. The third-order valence-electron chi connectivity index (χ3n) is 3.28. The van der Waals surface area contributed by atoms with Crippen LogP contribution < -0.4 is 11.0 Å². The highest BCUT2D eigenvalue weighted by molar-refractivity contribution is 6.33. The lowest BCUT2D eigenvalue weighted by Crippen LogP contribution is -2.28. The lowest BCUT2D eigenvalue weighted by Gasteiger charge is -2.07. The smallest absolute Gasteiger partial charge is 0.323 e. The van der Waals surface area contributed by atoms with E-state index in [0.29, 0.717) is 16.8 Å². The van der Waals surface area contributed by atoms with Crippen LogP contribution in [0.2, 0.25) is 5.02 Å². The number of carbonyl (C=O) groups excluding carboxylic acids is 1. The molecule has 0 unspecified atom stereocenters. The molecule has 1 aromatic carbocycles. The first-order valence-corrected chi connectivity index (χ1v) is 6.84. The fraction of sp³-hybridized carbons (Fsp3) is 0.286. The summed E-state index contributed by atoms with van der Waals surface area (Å²) in [5, 5.41) is 3.18. The highest BCUT2D eigenvalue weighted by Crippen LogP contribution is 2.33. The van der Waals surface area contributed by atoms with Crippen molar-refractivity contribution < 1.29 is 4.79 Å². The minimum absolute atomic E-state index is 0.0101. The van der Waals surface area contributed by atoms with E-state index in [1.165, 1.54) is 4.57 Å². The van der Waals surface area contributed by atoms with E-state index in [1.807, 2.05) is 0 Å². The number of aromatic nitrogens is 2. The van der Waals surface area contributed by atoms with E-state index in [0.717, 1.165) is 12.8 Å². The summed E-state index contributed by atoms with van der Waals surface area (Å²) < 4.78 is 3.09. The lowest BCUT2D eigenvalue weighted by molar-refractivity contribution is -0.116. The molecule has 104 valence electrons. The van der Waals surface area contributed by atoms with Gasteiger partial charge in [0.15, 0.2) is 0 Å². The third-order valence-corrected chi connectivity index (χ3v) is 3.61. The van der Waals surface area contributed by atoms with Gasteiger partial charge in [-0.05, 0) is 25.0 Å². The minimum atomic E-state index is -0.270. The molecule has 6 heteroatoms. The van der Waals surface area contributed by atoms with Crippen LogP contribution in [0.25, 0.3) is 0 Å². The van der Waals surface area contributed by atoms with Crippen LogP contribution in [0.4, 0.5) is 5.69 Å². The van der Waals surface area contributed by atoms with Crippen molar-refractivity contribution in [3.8, 4) is 0 Å². The number of hydrogen-bond acceptors (Lipinski definition) is 2. The molecule has 2 aromatic rings. The van der Waals surface area contributed by atoms with Crippen LogP contribution in [0, 0.1) is 0 Å². The quantitative estimate of drug-likeness (QED) is 0.939. The lowest BCUT2D eigenvalue weighted by atomic mass is 10.3. The maximum Gasteiger partial charge on any atom is 0.328 e. The molecule has 1 saturated carbocycles. The SMILES string of the molecule is O=C(Cn1ccn(C2CC2)c1=O)Nc1ccccc1Cl. The van der Waals surface area contributed by atoms with E-state index < -0.39 is 0 Å². The van der Waals surface area contributed by atoms with Crippen molar-refractivity contribution in [2.45, 2.75) is 25.4 Å². The standard InChI is InChI=1S/C14H14ClN3O2/c15-11-3-1-2-4-12(11)16-13(19)9-17-7-8-18(14(17)20)10-5-6-10/h1-4,7-8,10H,5-6,9H2,(H,16,19). The van der Waals surface area contributed by atoms with Gasteiger partial charge in [-0.1, -0.05) is 23.7 Å². The molecule has 1 amide bonds. The summed E-state index contributed by atoms with van der Waals surface area (Å²) in [6.45, 7) is -0.0101. The molecule has 5 nitrogen and oxygen atoms in total. The van der Waals surface area contributed by atoms with Gasteiger partial charge in [-0.15, -0.1) is 0 Å². The van der Waals surface area contributed by atoms with E-state index in [1.54, 1.807) is 41.2 Å². The summed E-state index contributed by atoms with van der Waals surface area (Å²) in [5.74, 6) is -0.270. The number of rotatable bonds is 4. The van der Waals surface area contributed by atoms with Crippen LogP contribution in [0.3, 0.4) is 0 Å². The molecule has 1 fully saturated rings. The first kappa shape index (κ1) is 13.0. The molecular formula is C14H14ClN3O2. The first-order chi connectivity index (χ1) is 9.65. The number of imidazole rings is 1. The number of nitrogens with zero attached hydrogens (tertiary/aromatic N) is 2. The third kappa shape index (κ3) is 2.63. The molecule has 1 N–H and O–H groups in total. The highest BCUT2D eigenvalue weighted by atomic mass is 35.5. The fourth-order valence-electron chi connectivity index (χ4n) is 2.09. The van der Waals surface area contributed by atoms with Gasteiger partial charge in [-0.25, -0.2) is 4.79 Å². The molecule has 0 spiro atoms. The van der Waals surface area contributed by atoms with Crippen molar-refractivity contribution in [3.63, 3.8) is 0 Å². The van der Waals surface area contributed by atoms with Gasteiger partial charge in [0.2, 0.25) is 5.91 Å². The summed E-state index contributed by atoms with van der Waals surface area (Å²) in [5.41, 5.74) is 0.413. The predicted molar refractivity (Wildman–Crippen MR) is 77.0 cm³/mol. The minimum Gasteiger partial charge on any atom is -0.323 e. The Morgan fingerprint density at radius 2 is 2.05 bits per heavy atom. The Kier molecular flexibility index (Phi) is 3.36. The van der Waals surface area contributed by atoms with Crippen LogP contribution in [0.15, 0.2) is 41.5 Å². The number of hydrogen-bond donors (Lipinski definition) is 1. The Labute approximate surface area is 120 Å². The number of nitrogens with one attached hydrogen (secondary N) is 1. The molecule has 0 saturated heterocycles. The number of benzene rings is 1. The van der Waals surface area contributed by atoms with Crippen molar-refractivity contribution in [3.05, 3.63) is 52.2 Å². The van der Waals surface area contributed by atoms with Gasteiger partial charge in [0.05, 0.1) is 10.7 Å². The predicted octanol–water partition coefficient (Wildman–Crippen LogP) is 2.28. The van der Waals surface area contributed by atoms with Crippen LogP contribution in [-0.2, 0) is 11.3 Å². The van der Waals surface area contributed by atoms with Gasteiger partial charge in [-0.3, -0.25) is 13.9 Å². The van der Waals surface area contributed by atoms with Crippen LogP contribution in [0.1, 0.15) is 18.9 Å². The molecule has 1 aliphatic carbocycles. The zero-order chi connectivity index (χ0) is 14.1. The normalized spacial score (nSPS) is 14.2. The second kappa shape index (κ2) is 5.17. The molecule has 1 aromatic heterocycles. The van der Waals surface area contributed by atoms with Gasteiger partial charge in [-0.2, -0.15) is 0 Å². The van der Waals surface area contributed by atoms with Gasteiger partial charge < -0.3 is 5.32 Å². The molecule has 1 aliphatic rings. The fourth-order valence-corrected chi connectivity index (χ4v) is 2.27. The second-order valence-corrected chi connectivity index (χ2v) is 5.28. The zero-order valence-electron chi connectivity index (χ0n) is 10.8. The van der Waals surface area contributed by atoms with Gasteiger partial charge in [0.1, 0.15) is 6.54 Å². The number of anilines is 1. The van der Waals surface area contributed by atoms with Crippen molar-refractivity contribution in [1.29, 1.82) is 0 Å². The average Bonchev–Trinajstić information content (AvgIpc) is 3.19. The number of carbonyl (C=O) groups is 1. The Morgan fingerprint density at radius 1 is 1.30 bits per heavy atom. The molecular weight excluding hydrogens is 278 g/mol. The Morgan fingerprint density at radius 3 is 2.75 bits per heavy atom. The van der Waals surface area contributed by atoms with Crippen LogP contribution in [0.5, 0.6) is 0 Å². The van der Waals surface area contributed by atoms with E-state index in [9.17, 15) is 9.59 Å². The molecule has 0 bridgehead atoms. The summed E-state index contributed by atoms with van der Waals surface area (Å²) in [6, 6.07) is 7.32. The topological polar surface area (TPSA) is 56.0 Å². The zero-order valence-corrected chi connectivity index (χ0v) is 11.5. The van der Waals surface area contributed by atoms with E-state index in [-0.39, 0.29) is 18.1 Å². The van der Waals surface area contributed by atoms with E-state index in [2.05, 4.69) is 5.32 Å². The van der Waals surface area contributed by atoms with Crippen LogP contribution >= 0.6 is 11.6 Å². The van der Waals surface area contributed by atoms with Gasteiger partial charge in [0.25, 0.3) is 0 Å². The maximum atomic E-state index is 12.0. The maximum absolute atomic E-state index is 12.0. The summed E-state index contributed by atoms with van der Waals surface area (Å²) in [4.78, 5) is 24.0. The molecule has 0 radical (unpaired) electrons. The van der Waals surface area contributed by atoms with Crippen molar-refractivity contribution in [2.24, 2.45) is 0 Å². The molecule has 0 aliphatic heterocycles. The van der Waals surface area contributed by atoms with Gasteiger partial charge >= 0.3 is 5.69 Å². The highest BCUT2D eigenvalue weighted by Gasteiger charge is 2.25. The molecule has 3 rings (SSSR count). The van der Waals surface area contributed by atoms with Crippen molar-refractivity contribution in [1.82, 2.24) is 9.13 Å². The number of amides is 1. The summed E-state index contributed by atoms with van der Waals surface area (Å²) in [6.07, 6.45) is 5.46. The van der Waals surface area contributed by atoms with Crippen LogP contribution in [-0.4, -0.2) is 15.0 Å². The van der Waals surface area contributed by atoms with Crippen molar-refractivity contribution in [2.75, 3.05) is 5.32 Å². The molecule has 20 heavy (non-hydrogen) atoms. The monoisotopic (exact) mass is 291 g/mol. The Hall–Kier alpha value is -2.01. The molecule has 0 atom stereocenters. The molecule has 1 heterocycles. The second-order valence-electron chi connectivity index (χ2n) is 4.88. The van der Waals surface area contributed by atoms with E-state index in [4.69, 9.17) is 11.6 Å². The largest absolute Gasteiger partial charge is 0.328 e. The average molecular weight is 292 g/mol.